The van der Waals surface area contributed by atoms with E-state index in [-0.39, 0.29) is 0 Å². The molecule has 0 N–H and O–H groups in total. The average Bonchev–Trinajstić information content (AvgIpc) is 2.95. The van der Waals surface area contributed by atoms with Crippen molar-refractivity contribution in [2.24, 2.45) is 0 Å². The smallest absolute Gasteiger partial charge is 0.222 e. The fourth-order valence-electron chi connectivity index (χ4n) is 5.07. The predicted molar refractivity (Wildman–Crippen MR) is 102 cm³/mol. The molecular formula is C22H26N3O+. The molecule has 4 heteroatoms. The summed E-state index contributed by atoms with van der Waals surface area (Å²) in [6, 6.07) is 11.4. The van der Waals surface area contributed by atoms with Gasteiger partial charge in [-0.25, -0.2) is 0 Å². The highest BCUT2D eigenvalue weighted by Crippen LogP contribution is 2.45. The van der Waals surface area contributed by atoms with Crippen LogP contribution < -0.4 is 9.57 Å². The Labute approximate surface area is 154 Å². The number of fused-ring (bicyclic) bond motifs is 3. The first-order valence-corrected chi connectivity index (χ1v) is 9.50. The minimum atomic E-state index is 0.551. The quantitative estimate of drug-likeness (QED) is 0.664. The molecule has 2 atom stereocenters. The summed E-state index contributed by atoms with van der Waals surface area (Å²) in [6.07, 6.45) is 5.25. The molecule has 0 saturated carbocycles. The molecule has 0 saturated heterocycles. The van der Waals surface area contributed by atoms with Gasteiger partial charge in [0.1, 0.15) is 7.11 Å². The summed E-state index contributed by atoms with van der Waals surface area (Å²) < 4.78 is 4.37. The van der Waals surface area contributed by atoms with E-state index >= 15 is 0 Å². The fourth-order valence-corrected chi connectivity index (χ4v) is 5.07. The van der Waals surface area contributed by atoms with E-state index in [1.165, 1.54) is 28.5 Å². The molecule has 4 heterocycles. The van der Waals surface area contributed by atoms with Crippen molar-refractivity contribution in [2.75, 3.05) is 20.7 Å². The molecule has 0 spiro atoms. The maximum atomic E-state index is 5.26. The van der Waals surface area contributed by atoms with Crippen LogP contribution in [0.15, 0.2) is 42.7 Å². The summed E-state index contributed by atoms with van der Waals surface area (Å²) in [7, 11) is 3.95. The van der Waals surface area contributed by atoms with Crippen LogP contribution in [0.4, 0.5) is 0 Å². The third-order valence-corrected chi connectivity index (χ3v) is 6.20. The van der Waals surface area contributed by atoms with Gasteiger partial charge in [0.15, 0.2) is 0 Å². The third kappa shape index (κ3) is 2.36. The van der Waals surface area contributed by atoms with Gasteiger partial charge in [0.25, 0.3) is 0 Å². The van der Waals surface area contributed by atoms with Crippen LogP contribution in [0.5, 0.6) is 0 Å². The maximum absolute atomic E-state index is 5.26. The highest BCUT2D eigenvalue weighted by molar-refractivity contribution is 5.87. The zero-order chi connectivity index (χ0) is 17.8. The van der Waals surface area contributed by atoms with Gasteiger partial charge in [-0.15, -0.1) is 0 Å². The van der Waals surface area contributed by atoms with Gasteiger partial charge in [0.2, 0.25) is 12.4 Å². The Balaban J connectivity index is 1.63. The zero-order valence-electron chi connectivity index (χ0n) is 15.8. The van der Waals surface area contributed by atoms with E-state index in [4.69, 9.17) is 4.84 Å². The number of hydrogen-bond donors (Lipinski definition) is 0. The van der Waals surface area contributed by atoms with Crippen molar-refractivity contribution in [1.82, 2.24) is 9.47 Å². The number of aryl methyl sites for hydroxylation is 1. The van der Waals surface area contributed by atoms with Crippen LogP contribution in [0.3, 0.4) is 0 Å². The predicted octanol–water partition coefficient (Wildman–Crippen LogP) is 3.01. The lowest BCUT2D eigenvalue weighted by Crippen LogP contribution is -2.39. The lowest BCUT2D eigenvalue weighted by Gasteiger charge is -2.38. The van der Waals surface area contributed by atoms with Crippen LogP contribution >= 0.6 is 0 Å². The lowest BCUT2D eigenvalue weighted by atomic mass is 9.81. The van der Waals surface area contributed by atoms with Gasteiger partial charge in [0, 0.05) is 64.9 Å². The molecule has 2 aliphatic rings. The van der Waals surface area contributed by atoms with Crippen LogP contribution in [0.1, 0.15) is 40.6 Å². The first kappa shape index (κ1) is 15.9. The molecule has 0 radical (unpaired) electrons. The second kappa shape index (κ2) is 5.85. The Morgan fingerprint density at radius 1 is 1.08 bits per heavy atom. The molecule has 1 aromatic carbocycles. The molecular weight excluding hydrogens is 322 g/mol. The number of pyridine rings is 1. The van der Waals surface area contributed by atoms with Gasteiger partial charge < -0.3 is 9.47 Å². The summed E-state index contributed by atoms with van der Waals surface area (Å²) in [5.74, 6) is 1.17. The molecule has 0 aliphatic carbocycles. The van der Waals surface area contributed by atoms with Crippen molar-refractivity contribution >= 4 is 10.9 Å². The summed E-state index contributed by atoms with van der Waals surface area (Å²) in [5.41, 5.74) is 7.33. The Hall–Kier alpha value is -2.33. The Morgan fingerprint density at radius 2 is 1.88 bits per heavy atom. The van der Waals surface area contributed by atoms with Gasteiger partial charge in [0.05, 0.1) is 0 Å². The van der Waals surface area contributed by atoms with Gasteiger partial charge in [-0.3, -0.25) is 4.84 Å². The number of nitrogens with zero attached hydrogens (tertiary/aromatic N) is 3. The molecule has 2 aromatic heterocycles. The average molecular weight is 348 g/mol. The summed E-state index contributed by atoms with van der Waals surface area (Å²) in [4.78, 5) is 7.75. The van der Waals surface area contributed by atoms with Crippen molar-refractivity contribution in [3.8, 4) is 0 Å². The highest BCUT2D eigenvalue weighted by Gasteiger charge is 2.36. The Kier molecular flexibility index (Phi) is 3.57. The molecule has 134 valence electrons. The van der Waals surface area contributed by atoms with Crippen molar-refractivity contribution in [3.63, 3.8) is 0 Å². The summed E-state index contributed by atoms with van der Waals surface area (Å²) >= 11 is 0. The Morgan fingerprint density at radius 3 is 2.65 bits per heavy atom. The van der Waals surface area contributed by atoms with Gasteiger partial charge in [-0.05, 0) is 43.7 Å². The molecule has 2 unspecified atom stereocenters. The molecule has 4 nitrogen and oxygen atoms in total. The van der Waals surface area contributed by atoms with Crippen molar-refractivity contribution in [1.29, 1.82) is 0 Å². The topological polar surface area (TPSA) is 21.3 Å². The van der Waals surface area contributed by atoms with E-state index in [2.05, 4.69) is 53.8 Å². The molecule has 26 heavy (non-hydrogen) atoms. The van der Waals surface area contributed by atoms with E-state index in [9.17, 15) is 0 Å². The highest BCUT2D eigenvalue weighted by atomic mass is 16.6. The molecule has 5 rings (SSSR count). The molecule has 2 aliphatic heterocycles. The first-order valence-electron chi connectivity index (χ1n) is 9.50. The van der Waals surface area contributed by atoms with Crippen molar-refractivity contribution in [2.45, 2.75) is 38.3 Å². The van der Waals surface area contributed by atoms with Crippen LogP contribution in [0, 0.1) is 6.92 Å². The molecule has 0 fully saturated rings. The minimum Gasteiger partial charge on any atom is -0.343 e. The number of hydrogen-bond acceptors (Lipinski definition) is 2. The van der Waals surface area contributed by atoms with Crippen LogP contribution in [0.25, 0.3) is 10.9 Å². The lowest BCUT2D eigenvalue weighted by molar-refractivity contribution is -0.885. The van der Waals surface area contributed by atoms with E-state index in [1.807, 2.05) is 12.4 Å². The molecule has 0 bridgehead atoms. The number of rotatable bonds is 2. The van der Waals surface area contributed by atoms with Crippen molar-refractivity contribution < 1.29 is 9.57 Å². The van der Waals surface area contributed by atoms with Crippen LogP contribution in [-0.2, 0) is 13.1 Å². The maximum Gasteiger partial charge on any atom is 0.222 e. The largest absolute Gasteiger partial charge is 0.343 e. The van der Waals surface area contributed by atoms with Crippen LogP contribution in [-0.4, -0.2) is 30.2 Å². The van der Waals surface area contributed by atoms with Gasteiger partial charge >= 0.3 is 0 Å². The van der Waals surface area contributed by atoms with Crippen LogP contribution in [0.2, 0.25) is 0 Å². The van der Waals surface area contributed by atoms with E-state index in [0.717, 1.165) is 19.6 Å². The zero-order valence-corrected chi connectivity index (χ0v) is 15.8. The molecule has 3 aromatic rings. The van der Waals surface area contributed by atoms with Crippen molar-refractivity contribution in [3.05, 3.63) is 65.1 Å². The second-order valence-corrected chi connectivity index (χ2v) is 8.00. The van der Waals surface area contributed by atoms with Gasteiger partial charge in [-0.2, -0.15) is 0 Å². The third-order valence-electron chi connectivity index (χ3n) is 6.20. The number of aromatic nitrogens is 2. The normalized spacial score (nSPS) is 22.4. The van der Waals surface area contributed by atoms with E-state index in [0.29, 0.717) is 11.8 Å². The summed E-state index contributed by atoms with van der Waals surface area (Å²) in [6.45, 7) is 5.50. The second-order valence-electron chi connectivity index (χ2n) is 8.00. The Bertz CT molecular complexity index is 973. The number of likely N-dealkylation sites (N-methyl/N-ethyl adjacent to an activating group) is 1. The van der Waals surface area contributed by atoms with E-state index < -0.39 is 0 Å². The summed E-state index contributed by atoms with van der Waals surface area (Å²) in [5, 5.41) is 1.46. The van der Waals surface area contributed by atoms with Gasteiger partial charge in [-0.1, -0.05) is 11.6 Å². The fraction of sp³-hybridized carbons (Fsp3) is 0.409. The molecule has 0 amide bonds. The van der Waals surface area contributed by atoms with E-state index in [1.54, 1.807) is 23.1 Å². The number of benzene rings is 1. The first-order chi connectivity index (χ1) is 12.6. The standard InChI is InChI=1S/C22H26N3O/c1-15-4-5-21-19(10-15)20-14-23(2)12-18-11-17(13-25(21)22(18)20)16-6-8-24(26-3)9-7-16/h4-10,17-18H,11-14H2,1-3H3/q+1. The SMILES string of the molecule is CO[n+]1ccc(C2CC3CN(C)Cc4c3n(c3ccc(C)cc43)C2)cc1. The monoisotopic (exact) mass is 348 g/mol. The minimum absolute atomic E-state index is 0.551.